The van der Waals surface area contributed by atoms with Crippen LogP contribution < -0.4 is 0 Å². The molecule has 0 spiro atoms. The van der Waals surface area contributed by atoms with Crippen LogP contribution in [0.4, 0.5) is 0 Å². The summed E-state index contributed by atoms with van der Waals surface area (Å²) in [6.07, 6.45) is 3.39. The van der Waals surface area contributed by atoms with Crippen molar-refractivity contribution in [1.82, 2.24) is 0 Å². The lowest BCUT2D eigenvalue weighted by molar-refractivity contribution is 0.644. The Labute approximate surface area is 113 Å². The maximum Gasteiger partial charge on any atom is 0.0476 e. The first-order valence-electron chi connectivity index (χ1n) is 5.94. The zero-order valence-electron chi connectivity index (χ0n) is 10.3. The van der Waals surface area contributed by atoms with Gasteiger partial charge in [-0.1, -0.05) is 49.2 Å². The van der Waals surface area contributed by atoms with E-state index in [1.165, 1.54) is 27.6 Å². The van der Waals surface area contributed by atoms with Crippen LogP contribution in [0.15, 0.2) is 16.6 Å². The molecule has 0 bridgehead atoms. The predicted octanol–water partition coefficient (Wildman–Crippen LogP) is 5.34. The maximum atomic E-state index is 6.02. The van der Waals surface area contributed by atoms with Crippen LogP contribution in [0.3, 0.4) is 0 Å². The van der Waals surface area contributed by atoms with Gasteiger partial charge in [-0.05, 0) is 41.5 Å². The average Bonchev–Trinajstić information content (AvgIpc) is 2.21. The van der Waals surface area contributed by atoms with E-state index in [1.807, 2.05) is 0 Å². The number of alkyl halides is 1. The summed E-state index contributed by atoms with van der Waals surface area (Å²) in [5, 5.41) is 0. The lowest BCUT2D eigenvalue weighted by Crippen LogP contribution is -2.00. The number of rotatable bonds is 5. The monoisotopic (exact) mass is 302 g/mol. The SMILES string of the molecule is CCCc1cc(CCl)c(CC(C)C)cc1Br. The van der Waals surface area contributed by atoms with Crippen LogP contribution in [0.5, 0.6) is 0 Å². The Morgan fingerprint density at radius 1 is 1.19 bits per heavy atom. The van der Waals surface area contributed by atoms with Crippen molar-refractivity contribution >= 4 is 27.5 Å². The van der Waals surface area contributed by atoms with E-state index in [4.69, 9.17) is 11.6 Å². The molecule has 0 aliphatic rings. The minimum atomic E-state index is 0.617. The van der Waals surface area contributed by atoms with Crippen LogP contribution in [-0.2, 0) is 18.7 Å². The minimum Gasteiger partial charge on any atom is -0.122 e. The van der Waals surface area contributed by atoms with Gasteiger partial charge in [0.05, 0.1) is 0 Å². The highest BCUT2D eigenvalue weighted by Gasteiger charge is 2.08. The van der Waals surface area contributed by atoms with Gasteiger partial charge in [0, 0.05) is 10.4 Å². The molecule has 0 amide bonds. The molecule has 2 heteroatoms. The van der Waals surface area contributed by atoms with Gasteiger partial charge < -0.3 is 0 Å². The van der Waals surface area contributed by atoms with Gasteiger partial charge in [0.1, 0.15) is 0 Å². The zero-order valence-corrected chi connectivity index (χ0v) is 12.7. The van der Waals surface area contributed by atoms with E-state index in [0.717, 1.165) is 12.8 Å². The summed E-state index contributed by atoms with van der Waals surface area (Å²) >= 11 is 9.68. The number of halogens is 2. The largest absolute Gasteiger partial charge is 0.122 e. The van der Waals surface area contributed by atoms with Gasteiger partial charge in [-0.25, -0.2) is 0 Å². The molecule has 0 nitrogen and oxygen atoms in total. The highest BCUT2D eigenvalue weighted by molar-refractivity contribution is 9.10. The second-order valence-electron chi connectivity index (χ2n) is 4.69. The normalized spacial score (nSPS) is 11.1. The molecule has 0 aliphatic heterocycles. The fourth-order valence-electron chi connectivity index (χ4n) is 1.93. The predicted molar refractivity (Wildman–Crippen MR) is 76.2 cm³/mol. The van der Waals surface area contributed by atoms with Crippen LogP contribution in [0.2, 0.25) is 0 Å². The molecule has 1 rings (SSSR count). The summed E-state index contributed by atoms with van der Waals surface area (Å²) in [4.78, 5) is 0. The molecule has 0 aliphatic carbocycles. The number of hydrogen-bond donors (Lipinski definition) is 0. The summed E-state index contributed by atoms with van der Waals surface area (Å²) in [5.41, 5.74) is 4.06. The van der Waals surface area contributed by atoms with E-state index in [1.54, 1.807) is 0 Å². The van der Waals surface area contributed by atoms with Gasteiger partial charge in [-0.2, -0.15) is 0 Å². The van der Waals surface area contributed by atoms with Gasteiger partial charge in [0.2, 0.25) is 0 Å². The molecule has 0 aromatic heterocycles. The molecule has 90 valence electrons. The van der Waals surface area contributed by atoms with Crippen molar-refractivity contribution in [3.05, 3.63) is 33.3 Å². The van der Waals surface area contributed by atoms with Gasteiger partial charge in [0.15, 0.2) is 0 Å². The van der Waals surface area contributed by atoms with Crippen molar-refractivity contribution < 1.29 is 0 Å². The first-order valence-corrected chi connectivity index (χ1v) is 7.27. The second kappa shape index (κ2) is 6.66. The Bertz CT molecular complexity index is 345. The summed E-state index contributed by atoms with van der Waals surface area (Å²) in [6.45, 7) is 6.69. The fraction of sp³-hybridized carbons (Fsp3) is 0.571. The van der Waals surface area contributed by atoms with Crippen molar-refractivity contribution in [2.75, 3.05) is 0 Å². The smallest absolute Gasteiger partial charge is 0.0476 e. The Morgan fingerprint density at radius 3 is 2.38 bits per heavy atom. The first kappa shape index (κ1) is 14.1. The Kier molecular flexibility index (Phi) is 5.85. The highest BCUT2D eigenvalue weighted by atomic mass is 79.9. The molecule has 1 aromatic carbocycles. The van der Waals surface area contributed by atoms with E-state index < -0.39 is 0 Å². The Balaban J connectivity index is 3.05. The van der Waals surface area contributed by atoms with Crippen molar-refractivity contribution in [2.45, 2.75) is 45.9 Å². The molecule has 0 fully saturated rings. The van der Waals surface area contributed by atoms with Crippen molar-refractivity contribution in [3.8, 4) is 0 Å². The number of aryl methyl sites for hydroxylation is 1. The summed E-state index contributed by atoms with van der Waals surface area (Å²) < 4.78 is 1.24. The molecule has 0 radical (unpaired) electrons. The van der Waals surface area contributed by atoms with Gasteiger partial charge in [-0.15, -0.1) is 11.6 Å². The quantitative estimate of drug-likeness (QED) is 0.644. The molecule has 0 atom stereocenters. The van der Waals surface area contributed by atoms with E-state index in [-0.39, 0.29) is 0 Å². The molecule has 0 unspecified atom stereocenters. The summed E-state index contributed by atoms with van der Waals surface area (Å²) in [5.74, 6) is 1.29. The molecule has 0 saturated heterocycles. The van der Waals surface area contributed by atoms with E-state index in [9.17, 15) is 0 Å². The molecule has 1 aromatic rings. The first-order chi connectivity index (χ1) is 7.58. The third-order valence-corrected chi connectivity index (χ3v) is 3.69. The maximum absolute atomic E-state index is 6.02. The fourth-order valence-corrected chi connectivity index (χ4v) is 2.76. The van der Waals surface area contributed by atoms with Gasteiger partial charge in [0.25, 0.3) is 0 Å². The van der Waals surface area contributed by atoms with Crippen molar-refractivity contribution in [2.24, 2.45) is 5.92 Å². The standard InChI is InChI=1S/C14H20BrCl/c1-4-5-11-7-13(9-16)12(6-10(2)3)8-14(11)15/h7-8,10H,4-6,9H2,1-3H3. The topological polar surface area (TPSA) is 0 Å². The third-order valence-electron chi connectivity index (χ3n) is 2.66. The van der Waals surface area contributed by atoms with Crippen molar-refractivity contribution in [1.29, 1.82) is 0 Å². The molecule has 16 heavy (non-hydrogen) atoms. The van der Waals surface area contributed by atoms with E-state index in [0.29, 0.717) is 11.8 Å². The van der Waals surface area contributed by atoms with Gasteiger partial charge >= 0.3 is 0 Å². The van der Waals surface area contributed by atoms with Crippen LogP contribution >= 0.6 is 27.5 Å². The van der Waals surface area contributed by atoms with Crippen LogP contribution in [0.25, 0.3) is 0 Å². The van der Waals surface area contributed by atoms with E-state index in [2.05, 4.69) is 48.8 Å². The van der Waals surface area contributed by atoms with Gasteiger partial charge in [-0.3, -0.25) is 0 Å². The molecule has 0 saturated carbocycles. The molecular weight excluding hydrogens is 284 g/mol. The summed E-state index contributed by atoms with van der Waals surface area (Å²) in [6, 6.07) is 4.51. The average molecular weight is 304 g/mol. The van der Waals surface area contributed by atoms with Crippen LogP contribution in [-0.4, -0.2) is 0 Å². The van der Waals surface area contributed by atoms with Crippen molar-refractivity contribution in [3.63, 3.8) is 0 Å². The lowest BCUT2D eigenvalue weighted by Gasteiger charge is -2.13. The number of benzene rings is 1. The lowest BCUT2D eigenvalue weighted by atomic mass is 9.96. The van der Waals surface area contributed by atoms with E-state index >= 15 is 0 Å². The zero-order chi connectivity index (χ0) is 12.1. The molecular formula is C14H20BrCl. The minimum absolute atomic E-state index is 0.617. The second-order valence-corrected chi connectivity index (χ2v) is 5.82. The molecule has 0 heterocycles. The summed E-state index contributed by atoms with van der Waals surface area (Å²) in [7, 11) is 0. The number of hydrogen-bond acceptors (Lipinski definition) is 0. The third kappa shape index (κ3) is 3.78. The van der Waals surface area contributed by atoms with Crippen LogP contribution in [0.1, 0.15) is 43.9 Å². The Hall–Kier alpha value is -0.0100. The molecule has 0 N–H and O–H groups in total. The van der Waals surface area contributed by atoms with Crippen LogP contribution in [0, 0.1) is 5.92 Å². The highest BCUT2D eigenvalue weighted by Crippen LogP contribution is 2.26. The Morgan fingerprint density at radius 2 is 1.88 bits per heavy atom.